The Morgan fingerprint density at radius 1 is 1.36 bits per heavy atom. The molecule has 0 aliphatic carbocycles. The molecule has 7 nitrogen and oxygen atoms in total. The number of amides is 3. The van der Waals surface area contributed by atoms with Gasteiger partial charge in [0.1, 0.15) is 0 Å². The van der Waals surface area contributed by atoms with E-state index in [0.29, 0.717) is 25.1 Å². The molecule has 1 aliphatic rings. The highest BCUT2D eigenvalue weighted by molar-refractivity contribution is 5.99. The van der Waals surface area contributed by atoms with Gasteiger partial charge in [0.2, 0.25) is 0 Å². The molecule has 0 bridgehead atoms. The Morgan fingerprint density at radius 3 is 2.80 bits per heavy atom. The van der Waals surface area contributed by atoms with E-state index in [9.17, 15) is 9.59 Å². The molecule has 2 aromatic rings. The van der Waals surface area contributed by atoms with Crippen LogP contribution in [0.2, 0.25) is 0 Å². The zero-order valence-electron chi connectivity index (χ0n) is 14.7. The number of hydrogen-bond donors (Lipinski definition) is 3. The number of aryl methyl sites for hydroxylation is 2. The first-order chi connectivity index (χ1) is 11.9. The summed E-state index contributed by atoms with van der Waals surface area (Å²) < 4.78 is 0. The smallest absolute Gasteiger partial charge is 0.322 e. The van der Waals surface area contributed by atoms with Crippen LogP contribution in [0, 0.1) is 13.8 Å². The lowest BCUT2D eigenvalue weighted by atomic mass is 10.1. The molecular formula is C18H23N5O2. The molecule has 3 N–H and O–H groups in total. The first kappa shape index (κ1) is 17.0. The van der Waals surface area contributed by atoms with Crippen LogP contribution >= 0.6 is 0 Å². The summed E-state index contributed by atoms with van der Waals surface area (Å²) in [5.41, 5.74) is 4.21. The van der Waals surface area contributed by atoms with Gasteiger partial charge in [0.15, 0.2) is 0 Å². The predicted molar refractivity (Wildman–Crippen MR) is 95.9 cm³/mol. The lowest BCUT2D eigenvalue weighted by Crippen LogP contribution is -2.34. The highest BCUT2D eigenvalue weighted by Gasteiger charge is 2.23. The molecule has 1 unspecified atom stereocenters. The van der Waals surface area contributed by atoms with E-state index in [1.807, 2.05) is 32.9 Å². The van der Waals surface area contributed by atoms with Gasteiger partial charge in [-0.1, -0.05) is 6.07 Å². The summed E-state index contributed by atoms with van der Waals surface area (Å²) in [6.45, 7) is 7.06. The Hall–Kier alpha value is -2.83. The van der Waals surface area contributed by atoms with Crippen LogP contribution < -0.4 is 15.5 Å². The number of nitrogens with zero attached hydrogens (tertiary/aromatic N) is 2. The zero-order valence-corrected chi connectivity index (χ0v) is 14.7. The molecule has 0 saturated carbocycles. The van der Waals surface area contributed by atoms with Crippen LogP contribution in [-0.4, -0.2) is 41.3 Å². The van der Waals surface area contributed by atoms with Crippen molar-refractivity contribution in [3.63, 3.8) is 0 Å². The maximum atomic E-state index is 12.6. The number of aromatic nitrogens is 2. The third-order valence-electron chi connectivity index (χ3n) is 4.27. The van der Waals surface area contributed by atoms with Crippen molar-refractivity contribution in [1.82, 2.24) is 20.8 Å². The highest BCUT2D eigenvalue weighted by Crippen LogP contribution is 2.23. The maximum absolute atomic E-state index is 12.6. The van der Waals surface area contributed by atoms with E-state index in [2.05, 4.69) is 20.8 Å². The number of carbonyl (C=O) groups is 2. The lowest BCUT2D eigenvalue weighted by Gasteiger charge is -2.19. The number of hydrogen-bond acceptors (Lipinski definition) is 3. The predicted octanol–water partition coefficient (Wildman–Crippen LogP) is 1.92. The molecule has 1 fully saturated rings. The largest absolute Gasteiger partial charge is 0.349 e. The van der Waals surface area contributed by atoms with Crippen LogP contribution in [0.25, 0.3) is 0 Å². The molecule has 3 rings (SSSR count). The van der Waals surface area contributed by atoms with Crippen molar-refractivity contribution in [3.05, 3.63) is 46.8 Å². The minimum Gasteiger partial charge on any atom is -0.349 e. The van der Waals surface area contributed by atoms with Crippen LogP contribution in [-0.2, 0) is 6.42 Å². The topological polar surface area (TPSA) is 90.1 Å². The minimum atomic E-state index is -0.152. The fourth-order valence-electron chi connectivity index (χ4n) is 2.99. The average molecular weight is 341 g/mol. The third-order valence-corrected chi connectivity index (χ3v) is 4.27. The van der Waals surface area contributed by atoms with E-state index in [4.69, 9.17) is 0 Å². The second kappa shape index (κ2) is 6.96. The summed E-state index contributed by atoms with van der Waals surface area (Å²) in [5.74, 6) is -0.152. The maximum Gasteiger partial charge on any atom is 0.322 e. The third kappa shape index (κ3) is 3.81. The van der Waals surface area contributed by atoms with E-state index in [0.717, 1.165) is 22.6 Å². The van der Waals surface area contributed by atoms with Gasteiger partial charge in [-0.3, -0.25) is 14.8 Å². The van der Waals surface area contributed by atoms with E-state index in [1.54, 1.807) is 17.0 Å². The molecule has 7 heteroatoms. The number of rotatable bonds is 5. The fourth-order valence-corrected chi connectivity index (χ4v) is 2.99. The zero-order chi connectivity index (χ0) is 18.0. The minimum absolute atomic E-state index is 0.0463. The highest BCUT2D eigenvalue weighted by atomic mass is 16.2. The van der Waals surface area contributed by atoms with Gasteiger partial charge in [-0.15, -0.1) is 0 Å². The van der Waals surface area contributed by atoms with Crippen LogP contribution in [0.3, 0.4) is 0 Å². The van der Waals surface area contributed by atoms with Crippen molar-refractivity contribution in [3.8, 4) is 0 Å². The average Bonchev–Trinajstić information content (AvgIpc) is 3.16. The second-order valence-corrected chi connectivity index (χ2v) is 6.51. The Balaban J connectivity index is 1.70. The number of benzene rings is 1. The molecule has 0 radical (unpaired) electrons. The van der Waals surface area contributed by atoms with Gasteiger partial charge in [0.25, 0.3) is 5.91 Å². The van der Waals surface area contributed by atoms with Gasteiger partial charge < -0.3 is 10.6 Å². The number of carbonyl (C=O) groups excluding carboxylic acids is 2. The molecule has 1 aliphatic heterocycles. The van der Waals surface area contributed by atoms with Gasteiger partial charge >= 0.3 is 6.03 Å². The van der Waals surface area contributed by atoms with Crippen molar-refractivity contribution in [2.45, 2.75) is 33.2 Å². The number of anilines is 1. The summed E-state index contributed by atoms with van der Waals surface area (Å²) in [6, 6.07) is 7.24. The normalized spacial score (nSPS) is 15.2. The van der Waals surface area contributed by atoms with Crippen LogP contribution in [0.15, 0.2) is 24.3 Å². The van der Waals surface area contributed by atoms with Gasteiger partial charge in [-0.25, -0.2) is 4.79 Å². The summed E-state index contributed by atoms with van der Waals surface area (Å²) in [6.07, 6.45) is 0.656. The van der Waals surface area contributed by atoms with Crippen molar-refractivity contribution in [1.29, 1.82) is 0 Å². The lowest BCUT2D eigenvalue weighted by molar-refractivity contribution is 0.0940. The van der Waals surface area contributed by atoms with E-state index < -0.39 is 0 Å². The molecule has 2 heterocycles. The Kier molecular flexibility index (Phi) is 4.74. The monoisotopic (exact) mass is 341 g/mol. The van der Waals surface area contributed by atoms with Gasteiger partial charge in [-0.05, 0) is 44.5 Å². The Bertz CT molecular complexity index is 799. The second-order valence-electron chi connectivity index (χ2n) is 6.51. The quantitative estimate of drug-likeness (QED) is 0.776. The van der Waals surface area contributed by atoms with Gasteiger partial charge in [0, 0.05) is 42.5 Å². The Morgan fingerprint density at radius 2 is 2.16 bits per heavy atom. The van der Waals surface area contributed by atoms with E-state index in [-0.39, 0.29) is 18.0 Å². The van der Waals surface area contributed by atoms with Crippen molar-refractivity contribution in [2.24, 2.45) is 0 Å². The van der Waals surface area contributed by atoms with E-state index in [1.165, 1.54) is 0 Å². The molecule has 0 spiro atoms. The molecule has 25 heavy (non-hydrogen) atoms. The number of urea groups is 1. The fraction of sp³-hybridized carbons (Fsp3) is 0.389. The van der Waals surface area contributed by atoms with Crippen molar-refractivity contribution < 1.29 is 9.59 Å². The van der Waals surface area contributed by atoms with E-state index >= 15 is 0 Å². The van der Waals surface area contributed by atoms with Crippen LogP contribution in [0.1, 0.15) is 34.2 Å². The summed E-state index contributed by atoms with van der Waals surface area (Å²) in [7, 11) is 0. The molecule has 1 aromatic carbocycles. The number of H-pyrrole nitrogens is 1. The van der Waals surface area contributed by atoms with Crippen LogP contribution in [0.5, 0.6) is 0 Å². The SMILES string of the molecule is Cc1cc(CC(C)NC(=O)c2ccc(C)c(N3CCNC3=O)c2)n[nH]1. The van der Waals surface area contributed by atoms with Crippen molar-refractivity contribution in [2.75, 3.05) is 18.0 Å². The molecule has 1 aromatic heterocycles. The molecular weight excluding hydrogens is 318 g/mol. The van der Waals surface area contributed by atoms with Gasteiger partial charge in [-0.2, -0.15) is 5.10 Å². The van der Waals surface area contributed by atoms with Crippen molar-refractivity contribution >= 4 is 17.6 Å². The summed E-state index contributed by atoms with van der Waals surface area (Å²) in [4.78, 5) is 26.1. The molecule has 1 saturated heterocycles. The van der Waals surface area contributed by atoms with Gasteiger partial charge in [0.05, 0.1) is 5.69 Å². The number of nitrogens with one attached hydrogen (secondary N) is 3. The molecule has 132 valence electrons. The Labute approximate surface area is 146 Å². The van der Waals surface area contributed by atoms with Crippen LogP contribution in [0.4, 0.5) is 10.5 Å². The first-order valence-electron chi connectivity index (χ1n) is 8.42. The standard InChI is InChI=1S/C18H23N5O2/c1-11-4-5-14(10-16(11)23-7-6-19-18(23)25)17(24)20-12(2)8-15-9-13(3)21-22-15/h4-5,9-10,12H,6-8H2,1-3H3,(H,19,25)(H,20,24)(H,21,22). The molecule has 1 atom stereocenters. The molecule has 3 amide bonds. The summed E-state index contributed by atoms with van der Waals surface area (Å²) >= 11 is 0. The number of aromatic amines is 1. The first-order valence-corrected chi connectivity index (χ1v) is 8.42. The summed E-state index contributed by atoms with van der Waals surface area (Å²) in [5, 5.41) is 12.9.